The summed E-state index contributed by atoms with van der Waals surface area (Å²) in [7, 11) is 0. The molecule has 2 aliphatic heterocycles. The number of carbonyl (C=O) groups is 2. The molecule has 0 saturated carbocycles. The van der Waals surface area contributed by atoms with E-state index in [0.717, 1.165) is 17.6 Å². The lowest BCUT2D eigenvalue weighted by atomic mass is 9.95. The van der Waals surface area contributed by atoms with Crippen LogP contribution in [0, 0.1) is 0 Å². The van der Waals surface area contributed by atoms with Crippen LogP contribution in [0.3, 0.4) is 0 Å². The van der Waals surface area contributed by atoms with Crippen LogP contribution in [0.25, 0.3) is 5.76 Å². The average molecular weight is 506 g/mol. The van der Waals surface area contributed by atoms with Gasteiger partial charge in [-0.2, -0.15) is 0 Å². The Hall–Kier alpha value is -2.19. The van der Waals surface area contributed by atoms with E-state index in [1.165, 1.54) is 4.90 Å². The van der Waals surface area contributed by atoms with Crippen molar-refractivity contribution in [2.24, 2.45) is 0 Å². The fraction of sp³-hybridized carbons (Fsp3) is 0.304. The molecule has 2 heterocycles. The minimum Gasteiger partial charge on any atom is -0.507 e. The van der Waals surface area contributed by atoms with Crippen molar-refractivity contribution in [3.63, 3.8) is 0 Å². The summed E-state index contributed by atoms with van der Waals surface area (Å²) in [5, 5.41) is 11.5. The first kappa shape index (κ1) is 22.0. The maximum atomic E-state index is 13.0. The highest BCUT2D eigenvalue weighted by Gasteiger charge is 2.46. The van der Waals surface area contributed by atoms with Crippen molar-refractivity contribution in [1.82, 2.24) is 9.80 Å². The van der Waals surface area contributed by atoms with Crippen molar-refractivity contribution in [1.29, 1.82) is 0 Å². The Morgan fingerprint density at radius 2 is 1.74 bits per heavy atom. The van der Waals surface area contributed by atoms with Crippen LogP contribution in [0.5, 0.6) is 0 Å². The number of nitrogens with zero attached hydrogens (tertiary/aromatic N) is 2. The molecule has 2 fully saturated rings. The molecule has 0 radical (unpaired) electrons. The Morgan fingerprint density at radius 3 is 2.42 bits per heavy atom. The number of hydrogen-bond acceptors (Lipinski definition) is 5. The van der Waals surface area contributed by atoms with E-state index in [4.69, 9.17) is 16.3 Å². The summed E-state index contributed by atoms with van der Waals surface area (Å²) >= 11 is 9.83. The number of hydrogen-bond donors (Lipinski definition) is 1. The summed E-state index contributed by atoms with van der Waals surface area (Å²) in [6.45, 7) is 3.80. The number of aliphatic hydroxyl groups is 1. The lowest BCUT2D eigenvalue weighted by Gasteiger charge is -2.31. The number of ether oxygens (including phenoxy) is 1. The van der Waals surface area contributed by atoms with Crippen molar-refractivity contribution in [2.45, 2.75) is 6.04 Å². The molecule has 8 heteroatoms. The summed E-state index contributed by atoms with van der Waals surface area (Å²) in [5.41, 5.74) is 1.14. The fourth-order valence-corrected chi connectivity index (χ4v) is 4.47. The van der Waals surface area contributed by atoms with Gasteiger partial charge in [0.05, 0.1) is 24.8 Å². The number of amides is 1. The Balaban J connectivity index is 1.75. The predicted molar refractivity (Wildman–Crippen MR) is 122 cm³/mol. The standard InChI is InChI=1S/C23H22BrClN2O4/c24-16-7-5-15(6-8-16)21(28)19-20(17-3-1-2-4-18(17)25)27(23(30)22(19)29)10-9-26-11-13-31-14-12-26/h1-8,20,28H,9-14H2/b21-19-. The van der Waals surface area contributed by atoms with E-state index in [0.29, 0.717) is 42.5 Å². The minimum atomic E-state index is -0.751. The first-order valence-electron chi connectivity index (χ1n) is 10.1. The summed E-state index contributed by atoms with van der Waals surface area (Å²) in [6.07, 6.45) is 0. The van der Waals surface area contributed by atoms with Crippen molar-refractivity contribution in [3.8, 4) is 0 Å². The molecule has 0 aromatic heterocycles. The Bertz CT molecular complexity index is 1020. The number of rotatable bonds is 5. The van der Waals surface area contributed by atoms with Gasteiger partial charge in [0, 0.05) is 41.2 Å². The van der Waals surface area contributed by atoms with Crippen LogP contribution < -0.4 is 0 Å². The van der Waals surface area contributed by atoms with Gasteiger partial charge < -0.3 is 14.7 Å². The lowest BCUT2D eigenvalue weighted by molar-refractivity contribution is -0.140. The van der Waals surface area contributed by atoms with E-state index in [2.05, 4.69) is 20.8 Å². The van der Waals surface area contributed by atoms with Gasteiger partial charge in [-0.25, -0.2) is 0 Å². The number of morpholine rings is 1. The van der Waals surface area contributed by atoms with Crippen molar-refractivity contribution in [3.05, 3.63) is 74.7 Å². The van der Waals surface area contributed by atoms with Gasteiger partial charge in [0.25, 0.3) is 11.7 Å². The third-order valence-corrected chi connectivity index (χ3v) is 6.49. The molecule has 6 nitrogen and oxygen atoms in total. The maximum Gasteiger partial charge on any atom is 0.295 e. The van der Waals surface area contributed by atoms with Crippen molar-refractivity contribution >= 4 is 45.0 Å². The van der Waals surface area contributed by atoms with Crippen molar-refractivity contribution < 1.29 is 19.4 Å². The zero-order valence-electron chi connectivity index (χ0n) is 16.8. The highest BCUT2D eigenvalue weighted by Crippen LogP contribution is 2.41. The van der Waals surface area contributed by atoms with Gasteiger partial charge in [0.2, 0.25) is 0 Å². The van der Waals surface area contributed by atoms with Gasteiger partial charge >= 0.3 is 0 Å². The summed E-state index contributed by atoms with van der Waals surface area (Å²) in [5.74, 6) is -1.53. The van der Waals surface area contributed by atoms with E-state index in [-0.39, 0.29) is 11.3 Å². The second kappa shape index (κ2) is 9.53. The number of halogens is 2. The second-order valence-electron chi connectivity index (χ2n) is 7.47. The number of carbonyl (C=O) groups excluding carboxylic acids is 2. The molecule has 0 aliphatic carbocycles. The molecular weight excluding hydrogens is 484 g/mol. The Labute approximate surface area is 194 Å². The molecule has 1 unspecified atom stereocenters. The van der Waals surface area contributed by atoms with Crippen LogP contribution in [0.2, 0.25) is 5.02 Å². The second-order valence-corrected chi connectivity index (χ2v) is 8.80. The third kappa shape index (κ3) is 4.55. The van der Waals surface area contributed by atoms with Crippen LogP contribution in [0.15, 0.2) is 58.6 Å². The van der Waals surface area contributed by atoms with Crippen LogP contribution in [0.1, 0.15) is 17.2 Å². The quantitative estimate of drug-likeness (QED) is 0.380. The predicted octanol–water partition coefficient (Wildman–Crippen LogP) is 3.86. The van der Waals surface area contributed by atoms with Crippen LogP contribution in [-0.4, -0.2) is 66.0 Å². The zero-order chi connectivity index (χ0) is 22.0. The van der Waals surface area contributed by atoms with Gasteiger partial charge in [-0.1, -0.05) is 57.9 Å². The largest absolute Gasteiger partial charge is 0.507 e. The van der Waals surface area contributed by atoms with Crippen molar-refractivity contribution in [2.75, 3.05) is 39.4 Å². The summed E-state index contributed by atoms with van der Waals surface area (Å²) in [4.78, 5) is 29.8. The monoisotopic (exact) mass is 504 g/mol. The molecule has 2 aliphatic rings. The Morgan fingerprint density at radius 1 is 1.06 bits per heavy atom. The molecule has 1 amide bonds. The van der Waals surface area contributed by atoms with E-state index in [1.54, 1.807) is 42.5 Å². The molecular formula is C23H22BrClN2O4. The van der Waals surface area contributed by atoms with E-state index >= 15 is 0 Å². The third-order valence-electron chi connectivity index (χ3n) is 5.62. The topological polar surface area (TPSA) is 70.1 Å². The van der Waals surface area contributed by atoms with Gasteiger partial charge in [0.1, 0.15) is 5.76 Å². The molecule has 2 saturated heterocycles. The van der Waals surface area contributed by atoms with Gasteiger partial charge in [-0.3, -0.25) is 14.5 Å². The van der Waals surface area contributed by atoms with Gasteiger partial charge in [-0.15, -0.1) is 0 Å². The van der Waals surface area contributed by atoms with Crippen LogP contribution >= 0.6 is 27.5 Å². The molecule has 31 heavy (non-hydrogen) atoms. The molecule has 4 rings (SSSR count). The number of ketones is 1. The molecule has 0 bridgehead atoms. The number of Topliss-reactive ketones (excluding diaryl/α,β-unsaturated/α-hetero) is 1. The zero-order valence-corrected chi connectivity index (χ0v) is 19.1. The van der Waals surface area contributed by atoms with Crippen LogP contribution in [0.4, 0.5) is 0 Å². The summed E-state index contributed by atoms with van der Waals surface area (Å²) in [6, 6.07) is 13.3. The molecule has 2 aromatic carbocycles. The molecule has 1 N–H and O–H groups in total. The van der Waals surface area contributed by atoms with Crippen LogP contribution in [-0.2, 0) is 14.3 Å². The van der Waals surface area contributed by atoms with E-state index in [9.17, 15) is 14.7 Å². The highest BCUT2D eigenvalue weighted by atomic mass is 79.9. The molecule has 2 aromatic rings. The minimum absolute atomic E-state index is 0.0578. The number of benzene rings is 2. The SMILES string of the molecule is O=C1C(=O)N(CCN2CCOCC2)C(c2ccccc2Cl)/C1=C(/O)c1ccc(Br)cc1. The molecule has 0 spiro atoms. The first-order valence-corrected chi connectivity index (χ1v) is 11.2. The Kier molecular flexibility index (Phi) is 6.77. The summed E-state index contributed by atoms with van der Waals surface area (Å²) < 4.78 is 6.23. The normalized spacial score (nSPS) is 21.6. The maximum absolute atomic E-state index is 13.0. The van der Waals surface area contributed by atoms with E-state index < -0.39 is 17.7 Å². The fourth-order valence-electron chi connectivity index (χ4n) is 3.97. The molecule has 1 atom stereocenters. The number of aliphatic hydroxyl groups excluding tert-OH is 1. The number of likely N-dealkylation sites (tertiary alicyclic amines) is 1. The lowest BCUT2D eigenvalue weighted by Crippen LogP contribution is -2.42. The molecule has 162 valence electrons. The average Bonchev–Trinajstić information content (AvgIpc) is 3.03. The van der Waals surface area contributed by atoms with Gasteiger partial charge in [0.15, 0.2) is 0 Å². The van der Waals surface area contributed by atoms with Gasteiger partial charge in [-0.05, 0) is 23.8 Å². The first-order chi connectivity index (χ1) is 15.0. The van der Waals surface area contributed by atoms with E-state index in [1.807, 2.05) is 6.07 Å². The highest BCUT2D eigenvalue weighted by molar-refractivity contribution is 9.10. The smallest absolute Gasteiger partial charge is 0.295 e.